The van der Waals surface area contributed by atoms with Crippen molar-refractivity contribution in [3.8, 4) is 5.75 Å². The second-order valence-electron chi connectivity index (χ2n) is 4.41. The summed E-state index contributed by atoms with van der Waals surface area (Å²) in [6.45, 7) is -3.75. The number of esters is 1. The van der Waals surface area contributed by atoms with E-state index >= 15 is 0 Å². The van der Waals surface area contributed by atoms with Crippen molar-refractivity contribution in [2.24, 2.45) is 0 Å². The van der Waals surface area contributed by atoms with Crippen LogP contribution in [0.5, 0.6) is 5.75 Å². The zero-order valence-corrected chi connectivity index (χ0v) is 12.1. The van der Waals surface area contributed by atoms with Crippen molar-refractivity contribution in [1.29, 1.82) is 0 Å². The predicted octanol–water partition coefficient (Wildman–Crippen LogP) is 1.77. The lowest BCUT2D eigenvalue weighted by atomic mass is 10.3. The van der Waals surface area contributed by atoms with E-state index in [1.165, 1.54) is 42.6 Å². The number of rotatable bonds is 6. The summed E-state index contributed by atoms with van der Waals surface area (Å²) in [4.78, 5) is 37.1. The van der Waals surface area contributed by atoms with E-state index in [1.54, 1.807) is 0 Å². The smallest absolute Gasteiger partial charge is 0.387 e. The van der Waals surface area contributed by atoms with E-state index in [1.807, 2.05) is 0 Å². The maximum absolute atomic E-state index is 12.3. The van der Waals surface area contributed by atoms with Crippen LogP contribution in [0.1, 0.15) is 10.4 Å². The first kappa shape index (κ1) is 17.1. The van der Waals surface area contributed by atoms with Crippen LogP contribution in [0.3, 0.4) is 0 Å². The highest BCUT2D eigenvalue weighted by atomic mass is 19.3. The van der Waals surface area contributed by atoms with Crippen molar-refractivity contribution in [3.05, 3.63) is 58.5 Å². The Bertz CT molecular complexity index is 791. The summed E-state index contributed by atoms with van der Waals surface area (Å²) in [7, 11) is 0. The van der Waals surface area contributed by atoms with E-state index in [-0.39, 0.29) is 17.0 Å². The summed E-state index contributed by atoms with van der Waals surface area (Å²) in [6.07, 6.45) is 1.34. The van der Waals surface area contributed by atoms with Crippen molar-refractivity contribution in [3.63, 3.8) is 0 Å². The van der Waals surface area contributed by atoms with Gasteiger partial charge in [-0.25, -0.2) is 4.79 Å². The number of aromatic nitrogens is 1. The third kappa shape index (κ3) is 4.63. The number of carbonyl (C=O) groups is 2. The number of pyridine rings is 1. The molecule has 1 amide bonds. The Morgan fingerprint density at radius 2 is 1.92 bits per heavy atom. The van der Waals surface area contributed by atoms with Crippen molar-refractivity contribution in [1.82, 2.24) is 4.98 Å². The monoisotopic (exact) mass is 338 g/mol. The van der Waals surface area contributed by atoms with Gasteiger partial charge in [0, 0.05) is 6.20 Å². The molecule has 0 saturated carbocycles. The number of halogens is 2. The molecule has 2 aromatic rings. The van der Waals surface area contributed by atoms with E-state index < -0.39 is 30.7 Å². The zero-order valence-electron chi connectivity index (χ0n) is 12.1. The summed E-state index contributed by atoms with van der Waals surface area (Å²) >= 11 is 0. The van der Waals surface area contributed by atoms with Gasteiger partial charge >= 0.3 is 12.6 Å². The van der Waals surface area contributed by atoms with E-state index in [0.29, 0.717) is 0 Å². The van der Waals surface area contributed by atoms with Gasteiger partial charge in [-0.1, -0.05) is 12.1 Å². The summed E-state index contributed by atoms with van der Waals surface area (Å²) in [5, 5.41) is 2.28. The maximum Gasteiger partial charge on any atom is 0.387 e. The van der Waals surface area contributed by atoms with Gasteiger partial charge in [-0.2, -0.15) is 8.78 Å². The van der Waals surface area contributed by atoms with Gasteiger partial charge in [0.15, 0.2) is 6.61 Å². The van der Waals surface area contributed by atoms with Gasteiger partial charge in [0.1, 0.15) is 11.3 Å². The van der Waals surface area contributed by atoms with Gasteiger partial charge in [-0.05, 0) is 24.3 Å². The Morgan fingerprint density at radius 3 is 2.62 bits per heavy atom. The molecule has 0 radical (unpaired) electrons. The highest BCUT2D eigenvalue weighted by molar-refractivity contribution is 5.96. The Hall–Kier alpha value is -3.23. The van der Waals surface area contributed by atoms with E-state index in [9.17, 15) is 23.2 Å². The fraction of sp³-hybridized carbons (Fsp3) is 0.133. The van der Waals surface area contributed by atoms with Crippen LogP contribution in [0, 0.1) is 0 Å². The van der Waals surface area contributed by atoms with Crippen molar-refractivity contribution < 1.29 is 27.8 Å². The molecule has 0 saturated heterocycles. The molecule has 1 aromatic carbocycles. The molecule has 0 fully saturated rings. The molecular formula is C15H12F2N2O5. The van der Waals surface area contributed by atoms with E-state index in [0.717, 1.165) is 0 Å². The molecule has 0 aliphatic rings. The van der Waals surface area contributed by atoms with Gasteiger partial charge in [0.05, 0.1) is 5.69 Å². The summed E-state index contributed by atoms with van der Waals surface area (Å²) in [5.41, 5.74) is -0.915. The minimum Gasteiger partial charge on any atom is -0.452 e. The first-order valence-electron chi connectivity index (χ1n) is 6.66. The van der Waals surface area contributed by atoms with E-state index in [2.05, 4.69) is 15.0 Å². The molecular weight excluding hydrogens is 326 g/mol. The molecule has 0 atom stereocenters. The second-order valence-corrected chi connectivity index (χ2v) is 4.41. The molecule has 9 heteroatoms. The molecule has 24 heavy (non-hydrogen) atoms. The van der Waals surface area contributed by atoms with Gasteiger partial charge in [-0.3, -0.25) is 9.59 Å². The molecule has 0 aliphatic heterocycles. The average molecular weight is 338 g/mol. The Kier molecular flexibility index (Phi) is 5.61. The van der Waals surface area contributed by atoms with Crippen LogP contribution >= 0.6 is 0 Å². The third-order valence-electron chi connectivity index (χ3n) is 2.75. The van der Waals surface area contributed by atoms with Crippen LogP contribution < -0.4 is 15.6 Å². The number of ether oxygens (including phenoxy) is 2. The molecule has 2 rings (SSSR count). The third-order valence-corrected chi connectivity index (χ3v) is 2.75. The minimum absolute atomic E-state index is 0.00333. The van der Waals surface area contributed by atoms with E-state index in [4.69, 9.17) is 4.74 Å². The van der Waals surface area contributed by atoms with Gasteiger partial charge in [0.25, 0.3) is 11.5 Å². The summed E-state index contributed by atoms with van der Waals surface area (Å²) in [6, 6.07) is 8.22. The number of carbonyl (C=O) groups excluding carboxylic acids is 2. The Morgan fingerprint density at radius 1 is 1.17 bits per heavy atom. The van der Waals surface area contributed by atoms with Crippen LogP contribution in [0.4, 0.5) is 14.5 Å². The largest absolute Gasteiger partial charge is 0.452 e. The zero-order chi connectivity index (χ0) is 17.5. The number of amides is 1. The lowest BCUT2D eigenvalue weighted by Crippen LogP contribution is -2.24. The lowest BCUT2D eigenvalue weighted by molar-refractivity contribution is -0.119. The van der Waals surface area contributed by atoms with Gasteiger partial charge in [0.2, 0.25) is 0 Å². The molecule has 2 N–H and O–H groups in total. The molecule has 7 nitrogen and oxygen atoms in total. The molecule has 1 aromatic heterocycles. The first-order valence-corrected chi connectivity index (χ1v) is 6.66. The average Bonchev–Trinajstić information content (AvgIpc) is 2.54. The molecule has 0 bridgehead atoms. The number of benzene rings is 1. The molecule has 126 valence electrons. The highest BCUT2D eigenvalue weighted by Gasteiger charge is 2.15. The van der Waals surface area contributed by atoms with Crippen molar-refractivity contribution >= 4 is 17.6 Å². The number of aromatic amines is 1. The Balaban J connectivity index is 1.96. The van der Waals surface area contributed by atoms with Crippen molar-refractivity contribution in [2.75, 3.05) is 11.9 Å². The molecule has 0 aliphatic carbocycles. The number of H-pyrrole nitrogens is 1. The number of para-hydroxylation sites is 2. The normalized spacial score (nSPS) is 10.3. The van der Waals surface area contributed by atoms with Gasteiger partial charge < -0.3 is 19.8 Å². The highest BCUT2D eigenvalue weighted by Crippen LogP contribution is 2.25. The first-order chi connectivity index (χ1) is 11.5. The fourth-order valence-corrected chi connectivity index (χ4v) is 1.75. The van der Waals surface area contributed by atoms with Crippen LogP contribution in [-0.2, 0) is 9.53 Å². The number of nitrogens with one attached hydrogen (secondary N) is 2. The van der Waals surface area contributed by atoms with Gasteiger partial charge in [-0.15, -0.1) is 0 Å². The topological polar surface area (TPSA) is 97.5 Å². The quantitative estimate of drug-likeness (QED) is 0.783. The minimum atomic E-state index is -3.05. The fourth-order valence-electron chi connectivity index (χ4n) is 1.75. The lowest BCUT2D eigenvalue weighted by Gasteiger charge is -2.11. The standard InChI is InChI=1S/C15H12F2N2O5/c16-15(17)24-11-6-2-1-5-10(11)19-12(20)8-23-14(22)9-4-3-7-18-13(9)21/h1-7,15H,8H2,(H,18,21)(H,19,20). The summed E-state index contributed by atoms with van der Waals surface area (Å²) in [5.74, 6) is -1.99. The molecule has 1 heterocycles. The number of anilines is 1. The number of alkyl halides is 2. The predicted molar refractivity (Wildman–Crippen MR) is 79.0 cm³/mol. The molecule has 0 unspecified atom stereocenters. The SMILES string of the molecule is O=C(COC(=O)c1ccc[nH]c1=O)Nc1ccccc1OC(F)F. The van der Waals surface area contributed by atoms with Crippen LogP contribution in [0.2, 0.25) is 0 Å². The molecule has 0 spiro atoms. The van der Waals surface area contributed by atoms with Crippen LogP contribution in [0.25, 0.3) is 0 Å². The second kappa shape index (κ2) is 7.86. The number of hydrogen-bond acceptors (Lipinski definition) is 5. The van der Waals surface area contributed by atoms with Crippen molar-refractivity contribution in [2.45, 2.75) is 6.61 Å². The maximum atomic E-state index is 12.3. The number of hydrogen-bond donors (Lipinski definition) is 2. The van der Waals surface area contributed by atoms with Crippen LogP contribution in [0.15, 0.2) is 47.4 Å². The van der Waals surface area contributed by atoms with Crippen LogP contribution in [-0.4, -0.2) is 30.1 Å². The summed E-state index contributed by atoms with van der Waals surface area (Å²) < 4.78 is 33.5. The Labute approximate surface area is 134 Å².